The van der Waals surface area contributed by atoms with Crippen LogP contribution in [0, 0.1) is 11.3 Å². The van der Waals surface area contributed by atoms with Crippen LogP contribution < -0.4 is 19.5 Å². The molecule has 13 heteroatoms. The monoisotopic (exact) mass is 841 g/mol. The zero-order valence-corrected chi connectivity index (χ0v) is 34.5. The standard InChI is InChI=1S/C47H41Cl2N5O6/c1-53-18-17-37(52-53)26-54-25-36-23-44-43(59-28-45(60-44)34-12-14-38(15-13-34)58-27-31-7-16-39(48)40(49)19-31)22-35(36)21-42(54)46(55)51-41(47(56)57-2)20-29-3-8-32(9-4-29)33-10-5-30(24-50)6-11-33/h3-19,22-23,41-42,45H,20-21,25-28H2,1-2H3,(H,51,55)/t41-,42?,45+/m0/s1. The second kappa shape index (κ2) is 17.9. The first-order valence-electron chi connectivity index (χ1n) is 19.4. The van der Waals surface area contributed by atoms with Gasteiger partial charge in [-0.05, 0) is 100.0 Å². The first kappa shape index (κ1) is 40.5. The van der Waals surface area contributed by atoms with Gasteiger partial charge in [0.15, 0.2) is 17.6 Å². The number of halogens is 2. The van der Waals surface area contributed by atoms with E-state index in [-0.39, 0.29) is 18.4 Å². The Morgan fingerprint density at radius 2 is 1.62 bits per heavy atom. The van der Waals surface area contributed by atoms with E-state index >= 15 is 0 Å². The Balaban J connectivity index is 0.964. The molecule has 0 saturated heterocycles. The fourth-order valence-electron chi connectivity index (χ4n) is 7.53. The summed E-state index contributed by atoms with van der Waals surface area (Å²) in [5.41, 5.74) is 8.02. The number of rotatable bonds is 12. The van der Waals surface area contributed by atoms with Gasteiger partial charge in [-0.3, -0.25) is 14.4 Å². The van der Waals surface area contributed by atoms with Gasteiger partial charge in [-0.2, -0.15) is 10.4 Å². The molecule has 0 spiro atoms. The molecule has 0 aliphatic carbocycles. The van der Waals surface area contributed by atoms with Crippen molar-refractivity contribution < 1.29 is 28.5 Å². The number of benzene rings is 5. The molecule has 2 aliphatic rings. The molecule has 0 fully saturated rings. The fraction of sp³-hybridized carbons (Fsp3) is 0.234. The molecule has 2 aliphatic heterocycles. The van der Waals surface area contributed by atoms with E-state index in [1.54, 1.807) is 28.9 Å². The van der Waals surface area contributed by atoms with Gasteiger partial charge < -0.3 is 24.3 Å². The number of carbonyl (C=O) groups is 2. The lowest BCUT2D eigenvalue weighted by atomic mass is 9.92. The molecular formula is C47H41Cl2N5O6. The van der Waals surface area contributed by atoms with Crippen molar-refractivity contribution in [2.75, 3.05) is 13.7 Å². The van der Waals surface area contributed by atoms with Gasteiger partial charge in [0.2, 0.25) is 5.91 Å². The van der Waals surface area contributed by atoms with Crippen molar-refractivity contribution in [1.82, 2.24) is 20.0 Å². The van der Waals surface area contributed by atoms with E-state index in [4.69, 9.17) is 47.4 Å². The third-order valence-corrected chi connectivity index (χ3v) is 11.5. The molecule has 5 aromatic carbocycles. The largest absolute Gasteiger partial charge is 0.489 e. The average molecular weight is 843 g/mol. The number of methoxy groups -OCH3 is 1. The van der Waals surface area contributed by atoms with Gasteiger partial charge in [-0.15, -0.1) is 0 Å². The normalized spacial score (nSPS) is 16.2. The molecule has 3 atom stereocenters. The summed E-state index contributed by atoms with van der Waals surface area (Å²) in [5.74, 6) is 1.12. The maximum atomic E-state index is 14.3. The number of nitrogens with one attached hydrogen (secondary N) is 1. The van der Waals surface area contributed by atoms with E-state index in [0.29, 0.717) is 65.6 Å². The third-order valence-electron chi connectivity index (χ3n) is 10.8. The molecule has 6 aromatic rings. The predicted octanol–water partition coefficient (Wildman–Crippen LogP) is 8.18. The predicted molar refractivity (Wildman–Crippen MR) is 227 cm³/mol. The van der Waals surface area contributed by atoms with E-state index in [1.807, 2.05) is 98.2 Å². The first-order valence-corrected chi connectivity index (χ1v) is 20.2. The number of nitriles is 1. The van der Waals surface area contributed by atoms with E-state index in [0.717, 1.165) is 44.6 Å². The number of ether oxygens (including phenoxy) is 4. The average Bonchev–Trinajstić information content (AvgIpc) is 3.69. The van der Waals surface area contributed by atoms with Crippen LogP contribution in [0.2, 0.25) is 10.0 Å². The highest BCUT2D eigenvalue weighted by molar-refractivity contribution is 6.42. The van der Waals surface area contributed by atoms with Crippen LogP contribution in [0.1, 0.15) is 45.2 Å². The molecule has 1 aromatic heterocycles. The lowest BCUT2D eigenvalue weighted by Crippen LogP contribution is -2.54. The molecular weight excluding hydrogens is 801 g/mol. The Hall–Kier alpha value is -6.32. The summed E-state index contributed by atoms with van der Waals surface area (Å²) in [7, 11) is 3.18. The van der Waals surface area contributed by atoms with Crippen molar-refractivity contribution in [2.24, 2.45) is 7.05 Å². The maximum absolute atomic E-state index is 14.3. The van der Waals surface area contributed by atoms with Crippen LogP contribution in [-0.2, 0) is 53.9 Å². The van der Waals surface area contributed by atoms with E-state index in [2.05, 4.69) is 21.4 Å². The van der Waals surface area contributed by atoms with Crippen molar-refractivity contribution in [3.05, 3.63) is 165 Å². The summed E-state index contributed by atoms with van der Waals surface area (Å²) >= 11 is 12.2. The second-order valence-corrected chi connectivity index (χ2v) is 15.7. The number of hydrogen-bond donors (Lipinski definition) is 1. The molecule has 8 rings (SSSR count). The van der Waals surface area contributed by atoms with Crippen molar-refractivity contribution >= 4 is 35.1 Å². The topological polar surface area (TPSA) is 128 Å². The molecule has 60 heavy (non-hydrogen) atoms. The maximum Gasteiger partial charge on any atom is 0.328 e. The Kier molecular flexibility index (Phi) is 12.1. The molecule has 1 N–H and O–H groups in total. The van der Waals surface area contributed by atoms with Gasteiger partial charge >= 0.3 is 5.97 Å². The van der Waals surface area contributed by atoms with Crippen LogP contribution in [0.25, 0.3) is 11.1 Å². The number of aryl methyl sites for hydroxylation is 1. The highest BCUT2D eigenvalue weighted by Crippen LogP contribution is 2.41. The Morgan fingerprint density at radius 3 is 2.30 bits per heavy atom. The summed E-state index contributed by atoms with van der Waals surface area (Å²) in [5, 5.41) is 17.7. The molecule has 11 nitrogen and oxygen atoms in total. The number of nitrogens with zero attached hydrogens (tertiary/aromatic N) is 4. The van der Waals surface area contributed by atoms with Crippen LogP contribution in [0.5, 0.6) is 17.2 Å². The SMILES string of the molecule is COC(=O)[C@H](Cc1ccc(-c2ccc(C#N)cc2)cc1)NC(=O)C1Cc2cc3c(cc2CN1Cc1ccn(C)n1)O[C@@H](c1ccc(OCc2ccc(Cl)c(Cl)c2)cc1)CO3. The van der Waals surface area contributed by atoms with Gasteiger partial charge in [0, 0.05) is 32.8 Å². The number of amides is 1. The van der Waals surface area contributed by atoms with Crippen LogP contribution in [0.4, 0.5) is 0 Å². The van der Waals surface area contributed by atoms with Gasteiger partial charge in [0.1, 0.15) is 25.0 Å². The summed E-state index contributed by atoms with van der Waals surface area (Å²) in [6.07, 6.45) is 2.15. The fourth-order valence-corrected chi connectivity index (χ4v) is 7.85. The smallest absolute Gasteiger partial charge is 0.328 e. The lowest BCUT2D eigenvalue weighted by molar-refractivity contribution is -0.146. The van der Waals surface area contributed by atoms with E-state index in [1.165, 1.54) is 7.11 Å². The van der Waals surface area contributed by atoms with E-state index < -0.39 is 18.1 Å². The summed E-state index contributed by atoms with van der Waals surface area (Å²) < 4.78 is 25.7. The quantitative estimate of drug-likeness (QED) is 0.121. The molecule has 0 bridgehead atoms. The van der Waals surface area contributed by atoms with Crippen molar-refractivity contribution in [3.63, 3.8) is 0 Å². The van der Waals surface area contributed by atoms with Gasteiger partial charge in [0.05, 0.1) is 40.5 Å². The molecule has 1 unspecified atom stereocenters. The van der Waals surface area contributed by atoms with Gasteiger partial charge in [-0.25, -0.2) is 4.79 Å². The molecule has 1 amide bonds. The van der Waals surface area contributed by atoms with Crippen LogP contribution in [-0.4, -0.2) is 52.4 Å². The highest BCUT2D eigenvalue weighted by atomic mass is 35.5. The number of hydrogen-bond acceptors (Lipinski definition) is 9. The number of aromatic nitrogens is 2. The van der Waals surface area contributed by atoms with Crippen molar-refractivity contribution in [1.29, 1.82) is 5.26 Å². The first-order chi connectivity index (χ1) is 29.1. The third kappa shape index (κ3) is 9.27. The molecule has 304 valence electrons. The van der Waals surface area contributed by atoms with Crippen LogP contribution >= 0.6 is 23.2 Å². The lowest BCUT2D eigenvalue weighted by Gasteiger charge is -2.37. The minimum absolute atomic E-state index is 0.240. The summed E-state index contributed by atoms with van der Waals surface area (Å²) in [6.45, 7) is 1.51. The van der Waals surface area contributed by atoms with Gasteiger partial charge in [0.25, 0.3) is 0 Å². The van der Waals surface area contributed by atoms with Crippen molar-refractivity contribution in [2.45, 2.75) is 50.7 Å². The minimum Gasteiger partial charge on any atom is -0.489 e. The Morgan fingerprint density at radius 1 is 0.900 bits per heavy atom. The Bertz CT molecular complexity index is 2550. The zero-order valence-electron chi connectivity index (χ0n) is 32.9. The molecule has 0 saturated carbocycles. The van der Waals surface area contributed by atoms with Crippen molar-refractivity contribution in [3.8, 4) is 34.4 Å². The second-order valence-electron chi connectivity index (χ2n) is 14.9. The van der Waals surface area contributed by atoms with Crippen LogP contribution in [0.3, 0.4) is 0 Å². The van der Waals surface area contributed by atoms with Gasteiger partial charge in [-0.1, -0.05) is 77.8 Å². The number of esters is 1. The number of carbonyl (C=O) groups excluding carboxylic acids is 2. The molecule has 3 heterocycles. The minimum atomic E-state index is -0.915. The summed E-state index contributed by atoms with van der Waals surface area (Å²) in [6, 6.07) is 34.8. The molecule has 0 radical (unpaired) electrons. The Labute approximate surface area is 358 Å². The zero-order chi connectivity index (χ0) is 41.8. The number of fused-ring (bicyclic) bond motifs is 2. The van der Waals surface area contributed by atoms with Crippen LogP contribution in [0.15, 0.2) is 115 Å². The van der Waals surface area contributed by atoms with E-state index in [9.17, 15) is 9.59 Å². The highest BCUT2D eigenvalue weighted by Gasteiger charge is 2.36. The summed E-state index contributed by atoms with van der Waals surface area (Å²) in [4.78, 5) is 29.5.